The van der Waals surface area contributed by atoms with E-state index >= 15 is 0 Å². The van der Waals surface area contributed by atoms with Crippen molar-refractivity contribution in [2.24, 2.45) is 5.92 Å². The number of nitrogens with one attached hydrogen (secondary N) is 1. The van der Waals surface area contributed by atoms with Gasteiger partial charge in [-0.1, -0.05) is 6.92 Å². The molecular formula is C5H10NO. The highest BCUT2D eigenvalue weighted by atomic mass is 16.3. The summed E-state index contributed by atoms with van der Waals surface area (Å²) in [5.74, 6) is 0.150. The zero-order chi connectivity index (χ0) is 5.70. The molecular weight excluding hydrogens is 90.1 g/mol. The van der Waals surface area contributed by atoms with Gasteiger partial charge in [-0.15, -0.1) is 0 Å². The summed E-state index contributed by atoms with van der Waals surface area (Å²) in [7, 11) is 0. The lowest BCUT2D eigenvalue weighted by Gasteiger charge is -1.96. The summed E-state index contributed by atoms with van der Waals surface area (Å²) < 4.78 is 0. The zero-order valence-electron chi connectivity index (χ0n) is 4.48. The maximum Gasteiger partial charge on any atom is 0.0851 e. The Morgan fingerprint density at radius 3 is 2.57 bits per heavy atom. The van der Waals surface area contributed by atoms with Gasteiger partial charge in [-0.05, 0) is 18.6 Å². The molecule has 1 radical (unpaired) electrons. The Morgan fingerprint density at radius 2 is 2.43 bits per heavy atom. The molecule has 41 valence electrons. The molecule has 0 aliphatic heterocycles. The van der Waals surface area contributed by atoms with E-state index in [1.807, 2.05) is 6.92 Å². The Kier molecular flexibility index (Phi) is 3.61. The van der Waals surface area contributed by atoms with Gasteiger partial charge < -0.3 is 5.41 Å². The SMILES string of the molecule is CC(C[O])CC=N. The first-order valence-corrected chi connectivity index (χ1v) is 2.38. The summed E-state index contributed by atoms with van der Waals surface area (Å²) in [6, 6.07) is 0. The molecule has 0 saturated heterocycles. The van der Waals surface area contributed by atoms with Gasteiger partial charge in [0.1, 0.15) is 0 Å². The molecule has 0 heterocycles. The summed E-state index contributed by atoms with van der Waals surface area (Å²) in [5.41, 5.74) is 0. The van der Waals surface area contributed by atoms with Crippen molar-refractivity contribution in [2.75, 3.05) is 6.61 Å². The minimum atomic E-state index is -0.0601. The molecule has 1 N–H and O–H groups in total. The van der Waals surface area contributed by atoms with Crippen LogP contribution in [0.2, 0.25) is 0 Å². The van der Waals surface area contributed by atoms with Crippen LogP contribution in [0.3, 0.4) is 0 Å². The van der Waals surface area contributed by atoms with Crippen molar-refractivity contribution in [1.29, 1.82) is 5.41 Å². The first-order valence-electron chi connectivity index (χ1n) is 2.38. The number of hydrogen-bond donors (Lipinski definition) is 1. The Balaban J connectivity index is 2.98. The molecule has 0 aliphatic rings. The van der Waals surface area contributed by atoms with Crippen molar-refractivity contribution in [1.82, 2.24) is 0 Å². The van der Waals surface area contributed by atoms with E-state index in [1.54, 1.807) is 0 Å². The average Bonchev–Trinajstić information content (AvgIpc) is 1.68. The molecule has 0 aliphatic carbocycles. The van der Waals surface area contributed by atoms with Gasteiger partial charge in [-0.25, -0.2) is 5.11 Å². The van der Waals surface area contributed by atoms with Crippen LogP contribution < -0.4 is 0 Å². The third kappa shape index (κ3) is 3.46. The largest absolute Gasteiger partial charge is 0.313 e. The topological polar surface area (TPSA) is 43.8 Å². The summed E-state index contributed by atoms with van der Waals surface area (Å²) >= 11 is 0. The molecule has 0 saturated carbocycles. The maximum atomic E-state index is 9.92. The summed E-state index contributed by atoms with van der Waals surface area (Å²) in [4.78, 5) is 0. The van der Waals surface area contributed by atoms with Crippen LogP contribution in [0.25, 0.3) is 0 Å². The molecule has 0 aromatic carbocycles. The highest BCUT2D eigenvalue weighted by Crippen LogP contribution is 1.94. The van der Waals surface area contributed by atoms with Gasteiger partial charge in [-0.2, -0.15) is 0 Å². The van der Waals surface area contributed by atoms with Crippen LogP contribution in [0.1, 0.15) is 13.3 Å². The Bertz CT molecular complexity index is 54.0. The highest BCUT2D eigenvalue weighted by Gasteiger charge is 1.94. The van der Waals surface area contributed by atoms with E-state index in [0.29, 0.717) is 6.42 Å². The molecule has 1 unspecified atom stereocenters. The van der Waals surface area contributed by atoms with E-state index in [4.69, 9.17) is 5.41 Å². The van der Waals surface area contributed by atoms with Crippen LogP contribution in [0.4, 0.5) is 0 Å². The van der Waals surface area contributed by atoms with Gasteiger partial charge in [0.05, 0.1) is 6.61 Å². The lowest BCUT2D eigenvalue weighted by Crippen LogP contribution is -1.98. The third-order valence-electron chi connectivity index (χ3n) is 0.805. The quantitative estimate of drug-likeness (QED) is 0.516. The van der Waals surface area contributed by atoms with Gasteiger partial charge in [-0.3, -0.25) is 0 Å². The van der Waals surface area contributed by atoms with Crippen LogP contribution in [0.15, 0.2) is 0 Å². The predicted molar refractivity (Wildman–Crippen MR) is 28.1 cm³/mol. The molecule has 0 fully saturated rings. The molecule has 0 spiro atoms. The molecule has 2 nitrogen and oxygen atoms in total. The van der Waals surface area contributed by atoms with E-state index in [1.165, 1.54) is 6.21 Å². The maximum absolute atomic E-state index is 9.92. The van der Waals surface area contributed by atoms with E-state index < -0.39 is 0 Å². The van der Waals surface area contributed by atoms with Gasteiger partial charge in [0.15, 0.2) is 0 Å². The van der Waals surface area contributed by atoms with E-state index in [0.717, 1.165) is 0 Å². The third-order valence-corrected chi connectivity index (χ3v) is 0.805. The average molecular weight is 100 g/mol. The van der Waals surface area contributed by atoms with Crippen LogP contribution in [0.5, 0.6) is 0 Å². The number of rotatable bonds is 3. The van der Waals surface area contributed by atoms with Crippen LogP contribution >= 0.6 is 0 Å². The monoisotopic (exact) mass is 100 g/mol. The lowest BCUT2D eigenvalue weighted by molar-refractivity contribution is 0.154. The normalized spacial score (nSPS) is 13.4. The second kappa shape index (κ2) is 3.81. The van der Waals surface area contributed by atoms with Crippen LogP contribution in [-0.2, 0) is 5.11 Å². The molecule has 0 aromatic heterocycles. The fourth-order valence-electron chi connectivity index (χ4n) is 0.269. The highest BCUT2D eigenvalue weighted by molar-refractivity contribution is 5.53. The van der Waals surface area contributed by atoms with Crippen molar-refractivity contribution < 1.29 is 5.11 Å². The first kappa shape index (κ1) is 6.63. The molecule has 7 heavy (non-hydrogen) atoms. The van der Waals surface area contributed by atoms with Crippen molar-refractivity contribution in [3.8, 4) is 0 Å². The first-order chi connectivity index (χ1) is 3.31. The summed E-state index contributed by atoms with van der Waals surface area (Å²) in [5, 5.41) is 16.5. The Morgan fingerprint density at radius 1 is 1.86 bits per heavy atom. The fourth-order valence-corrected chi connectivity index (χ4v) is 0.269. The van der Waals surface area contributed by atoms with Crippen molar-refractivity contribution in [3.05, 3.63) is 0 Å². The molecule has 0 aromatic rings. The van der Waals surface area contributed by atoms with Crippen molar-refractivity contribution >= 4 is 6.21 Å². The second-order valence-electron chi connectivity index (χ2n) is 1.71. The second-order valence-corrected chi connectivity index (χ2v) is 1.71. The molecule has 0 rings (SSSR count). The van der Waals surface area contributed by atoms with Crippen molar-refractivity contribution in [2.45, 2.75) is 13.3 Å². The molecule has 2 heteroatoms. The predicted octanol–water partition coefficient (Wildman–Crippen LogP) is 1.09. The van der Waals surface area contributed by atoms with Crippen LogP contribution in [0, 0.1) is 11.3 Å². The molecule has 0 amide bonds. The summed E-state index contributed by atoms with van der Waals surface area (Å²) in [6.07, 6.45) is 1.91. The van der Waals surface area contributed by atoms with Gasteiger partial charge in [0, 0.05) is 0 Å². The lowest BCUT2D eigenvalue weighted by atomic mass is 10.1. The van der Waals surface area contributed by atoms with E-state index in [2.05, 4.69) is 0 Å². The Labute approximate surface area is 43.7 Å². The Hall–Kier alpha value is -0.370. The van der Waals surface area contributed by atoms with Gasteiger partial charge in [0.2, 0.25) is 0 Å². The fraction of sp³-hybridized carbons (Fsp3) is 0.800. The van der Waals surface area contributed by atoms with E-state index in [9.17, 15) is 5.11 Å². The number of hydrogen-bond acceptors (Lipinski definition) is 1. The van der Waals surface area contributed by atoms with Gasteiger partial charge >= 0.3 is 0 Å². The molecule has 0 bridgehead atoms. The van der Waals surface area contributed by atoms with Gasteiger partial charge in [0.25, 0.3) is 0 Å². The van der Waals surface area contributed by atoms with E-state index in [-0.39, 0.29) is 12.5 Å². The standard InChI is InChI=1S/C5H10NO/c1-5(4-7)2-3-6/h3,5-6H,2,4H2,1H3. The zero-order valence-corrected chi connectivity index (χ0v) is 4.48. The summed E-state index contributed by atoms with van der Waals surface area (Å²) in [6.45, 7) is 1.79. The van der Waals surface area contributed by atoms with Crippen LogP contribution in [-0.4, -0.2) is 12.8 Å². The minimum absolute atomic E-state index is 0.0601. The minimum Gasteiger partial charge on any atom is -0.313 e. The smallest absolute Gasteiger partial charge is 0.0851 e. The molecule has 1 atom stereocenters. The van der Waals surface area contributed by atoms with Crippen molar-refractivity contribution in [3.63, 3.8) is 0 Å².